The Kier molecular flexibility index (Phi) is 4.73. The van der Waals surface area contributed by atoms with E-state index in [2.05, 4.69) is 0 Å². The molecule has 0 saturated heterocycles. The predicted molar refractivity (Wildman–Crippen MR) is 79.0 cm³/mol. The molecule has 0 radical (unpaired) electrons. The topological polar surface area (TPSA) is 48.3 Å². The van der Waals surface area contributed by atoms with E-state index in [-0.39, 0.29) is 12.2 Å². The molecule has 5 heteroatoms. The molecule has 0 bridgehead atoms. The molecule has 1 aromatic heterocycles. The SMILES string of the molecule is CCCCn1cc(C(=O)OCC)c(=O)c2ccc(F)cc21. The van der Waals surface area contributed by atoms with Crippen molar-refractivity contribution in [2.75, 3.05) is 6.61 Å². The van der Waals surface area contributed by atoms with Gasteiger partial charge >= 0.3 is 5.97 Å². The number of hydrogen-bond donors (Lipinski definition) is 0. The summed E-state index contributed by atoms with van der Waals surface area (Å²) in [6.45, 7) is 4.54. The van der Waals surface area contributed by atoms with Gasteiger partial charge in [0.1, 0.15) is 11.4 Å². The maximum atomic E-state index is 13.4. The molecular formula is C16H18FNO3. The smallest absolute Gasteiger partial charge is 0.343 e. The van der Waals surface area contributed by atoms with Crippen molar-refractivity contribution in [3.05, 3.63) is 46.0 Å². The number of halogens is 1. The van der Waals surface area contributed by atoms with Crippen molar-refractivity contribution >= 4 is 16.9 Å². The number of benzene rings is 1. The van der Waals surface area contributed by atoms with E-state index >= 15 is 0 Å². The molecule has 2 rings (SSSR count). The molecule has 0 fully saturated rings. The van der Waals surface area contributed by atoms with Crippen LogP contribution in [0.2, 0.25) is 0 Å². The van der Waals surface area contributed by atoms with Crippen molar-refractivity contribution in [1.82, 2.24) is 4.57 Å². The summed E-state index contributed by atoms with van der Waals surface area (Å²) in [4.78, 5) is 24.2. The molecule has 21 heavy (non-hydrogen) atoms. The Morgan fingerprint density at radius 2 is 2.10 bits per heavy atom. The quantitative estimate of drug-likeness (QED) is 0.795. The summed E-state index contributed by atoms with van der Waals surface area (Å²) in [7, 11) is 0. The fourth-order valence-corrected chi connectivity index (χ4v) is 2.23. The van der Waals surface area contributed by atoms with Crippen molar-refractivity contribution in [3.8, 4) is 0 Å². The molecule has 112 valence electrons. The van der Waals surface area contributed by atoms with Crippen LogP contribution in [0.4, 0.5) is 4.39 Å². The lowest BCUT2D eigenvalue weighted by Gasteiger charge is -2.12. The van der Waals surface area contributed by atoms with Crippen molar-refractivity contribution < 1.29 is 13.9 Å². The van der Waals surface area contributed by atoms with E-state index in [9.17, 15) is 14.0 Å². The van der Waals surface area contributed by atoms with E-state index in [1.165, 1.54) is 24.4 Å². The predicted octanol–water partition coefficient (Wildman–Crippen LogP) is 3.12. The molecule has 1 aromatic carbocycles. The van der Waals surface area contributed by atoms with E-state index in [1.54, 1.807) is 11.5 Å². The van der Waals surface area contributed by atoms with Crippen LogP contribution >= 0.6 is 0 Å². The summed E-state index contributed by atoms with van der Waals surface area (Å²) in [6.07, 6.45) is 3.30. The molecular weight excluding hydrogens is 273 g/mol. The Balaban J connectivity index is 2.66. The van der Waals surface area contributed by atoms with Gasteiger partial charge in [0.15, 0.2) is 0 Å². The van der Waals surface area contributed by atoms with Crippen molar-refractivity contribution in [2.45, 2.75) is 33.2 Å². The molecule has 2 aromatic rings. The highest BCUT2D eigenvalue weighted by molar-refractivity contribution is 5.93. The van der Waals surface area contributed by atoms with Crippen LogP contribution in [0.15, 0.2) is 29.2 Å². The van der Waals surface area contributed by atoms with Gasteiger partial charge in [-0.2, -0.15) is 0 Å². The zero-order valence-corrected chi connectivity index (χ0v) is 12.2. The maximum Gasteiger partial charge on any atom is 0.343 e. The number of unbranched alkanes of at least 4 members (excludes halogenated alkanes) is 1. The van der Waals surface area contributed by atoms with Crippen molar-refractivity contribution in [3.63, 3.8) is 0 Å². The first-order valence-corrected chi connectivity index (χ1v) is 7.08. The largest absolute Gasteiger partial charge is 0.462 e. The average Bonchev–Trinajstić information content (AvgIpc) is 2.46. The first-order valence-electron chi connectivity index (χ1n) is 7.08. The number of aromatic nitrogens is 1. The van der Waals surface area contributed by atoms with Crippen LogP contribution in [-0.4, -0.2) is 17.1 Å². The molecule has 0 N–H and O–H groups in total. The third-order valence-corrected chi connectivity index (χ3v) is 3.29. The van der Waals surface area contributed by atoms with Crippen LogP contribution < -0.4 is 5.43 Å². The second kappa shape index (κ2) is 6.52. The Morgan fingerprint density at radius 1 is 1.33 bits per heavy atom. The lowest BCUT2D eigenvalue weighted by atomic mass is 10.1. The van der Waals surface area contributed by atoms with Gasteiger partial charge < -0.3 is 9.30 Å². The first kappa shape index (κ1) is 15.2. The number of aryl methyl sites for hydroxylation is 1. The van der Waals surface area contributed by atoms with Gasteiger partial charge in [0, 0.05) is 18.1 Å². The zero-order chi connectivity index (χ0) is 15.4. The zero-order valence-electron chi connectivity index (χ0n) is 12.2. The summed E-state index contributed by atoms with van der Waals surface area (Å²) >= 11 is 0. The average molecular weight is 291 g/mol. The number of carbonyl (C=O) groups is 1. The Hall–Kier alpha value is -2.17. The van der Waals surface area contributed by atoms with Crippen LogP contribution in [-0.2, 0) is 11.3 Å². The number of carbonyl (C=O) groups excluding carboxylic acids is 1. The number of rotatable bonds is 5. The summed E-state index contributed by atoms with van der Waals surface area (Å²) in [6, 6.07) is 3.96. The fourth-order valence-electron chi connectivity index (χ4n) is 2.23. The van der Waals surface area contributed by atoms with Crippen LogP contribution in [0.25, 0.3) is 10.9 Å². The number of esters is 1. The lowest BCUT2D eigenvalue weighted by molar-refractivity contribution is 0.0524. The minimum atomic E-state index is -0.640. The Labute approximate surface area is 122 Å². The van der Waals surface area contributed by atoms with E-state index < -0.39 is 17.2 Å². The number of ether oxygens (including phenoxy) is 1. The van der Waals surface area contributed by atoms with Gasteiger partial charge in [-0.15, -0.1) is 0 Å². The number of hydrogen-bond acceptors (Lipinski definition) is 3. The lowest BCUT2D eigenvalue weighted by Crippen LogP contribution is -2.21. The highest BCUT2D eigenvalue weighted by Gasteiger charge is 2.16. The maximum absolute atomic E-state index is 13.4. The molecule has 0 atom stereocenters. The second-order valence-corrected chi connectivity index (χ2v) is 4.80. The van der Waals surface area contributed by atoms with Gasteiger partial charge in [-0.1, -0.05) is 13.3 Å². The van der Waals surface area contributed by atoms with Crippen LogP contribution in [0, 0.1) is 5.82 Å². The van der Waals surface area contributed by atoms with E-state index in [4.69, 9.17) is 4.74 Å². The van der Waals surface area contributed by atoms with Gasteiger partial charge in [-0.05, 0) is 31.5 Å². The normalized spacial score (nSPS) is 10.8. The highest BCUT2D eigenvalue weighted by atomic mass is 19.1. The van der Waals surface area contributed by atoms with Gasteiger partial charge in [0.25, 0.3) is 0 Å². The number of pyridine rings is 1. The Bertz CT molecular complexity index is 721. The Morgan fingerprint density at radius 3 is 2.76 bits per heavy atom. The molecule has 0 spiro atoms. The highest BCUT2D eigenvalue weighted by Crippen LogP contribution is 2.15. The molecule has 4 nitrogen and oxygen atoms in total. The van der Waals surface area contributed by atoms with Crippen LogP contribution in [0.3, 0.4) is 0 Å². The van der Waals surface area contributed by atoms with E-state index in [0.29, 0.717) is 17.4 Å². The molecule has 1 heterocycles. The monoisotopic (exact) mass is 291 g/mol. The van der Waals surface area contributed by atoms with E-state index in [0.717, 1.165) is 12.8 Å². The summed E-state index contributed by atoms with van der Waals surface area (Å²) in [5.41, 5.74) is 0.0739. The second-order valence-electron chi connectivity index (χ2n) is 4.80. The van der Waals surface area contributed by atoms with Gasteiger partial charge in [-0.3, -0.25) is 4.79 Å². The third-order valence-electron chi connectivity index (χ3n) is 3.29. The van der Waals surface area contributed by atoms with Crippen molar-refractivity contribution in [1.29, 1.82) is 0 Å². The molecule has 0 aliphatic heterocycles. The van der Waals surface area contributed by atoms with Gasteiger partial charge in [0.2, 0.25) is 5.43 Å². The summed E-state index contributed by atoms with van der Waals surface area (Å²) in [5, 5.41) is 0.332. The number of fused-ring (bicyclic) bond motifs is 1. The molecule has 0 amide bonds. The fraction of sp³-hybridized carbons (Fsp3) is 0.375. The van der Waals surface area contributed by atoms with E-state index in [1.807, 2.05) is 6.92 Å². The molecule has 0 unspecified atom stereocenters. The minimum Gasteiger partial charge on any atom is -0.462 e. The summed E-state index contributed by atoms with van der Waals surface area (Å²) < 4.78 is 20.1. The van der Waals surface area contributed by atoms with Crippen LogP contribution in [0.1, 0.15) is 37.0 Å². The molecule has 0 aliphatic carbocycles. The standard InChI is InChI=1S/C16H18FNO3/c1-3-5-8-18-10-13(16(20)21-4-2)15(19)12-7-6-11(17)9-14(12)18/h6-7,9-10H,3-5,8H2,1-2H3. The summed E-state index contributed by atoms with van der Waals surface area (Å²) in [5.74, 6) is -1.05. The number of nitrogens with zero attached hydrogens (tertiary/aromatic N) is 1. The third kappa shape index (κ3) is 3.12. The molecule has 0 aliphatic rings. The molecule has 0 saturated carbocycles. The van der Waals surface area contributed by atoms with Crippen LogP contribution in [0.5, 0.6) is 0 Å². The van der Waals surface area contributed by atoms with Crippen molar-refractivity contribution in [2.24, 2.45) is 0 Å². The van der Waals surface area contributed by atoms with Gasteiger partial charge in [-0.25, -0.2) is 9.18 Å². The van der Waals surface area contributed by atoms with Gasteiger partial charge in [0.05, 0.1) is 12.1 Å². The first-order chi connectivity index (χ1) is 10.1. The minimum absolute atomic E-state index is 0.00735.